The van der Waals surface area contributed by atoms with Crippen LogP contribution >= 0.6 is 11.3 Å². The van der Waals surface area contributed by atoms with Crippen molar-refractivity contribution in [2.45, 2.75) is 13.3 Å². The molecular formula is C15H16N6OS. The number of anilines is 1. The van der Waals surface area contributed by atoms with E-state index in [9.17, 15) is 4.79 Å². The van der Waals surface area contributed by atoms with Gasteiger partial charge < -0.3 is 10.3 Å². The van der Waals surface area contributed by atoms with E-state index in [2.05, 4.69) is 20.5 Å². The molecule has 0 saturated heterocycles. The number of carbonyl (C=O) groups excluding carboxylic acids is 1. The van der Waals surface area contributed by atoms with Crippen LogP contribution in [0.5, 0.6) is 0 Å². The number of aromatic nitrogens is 3. The molecule has 0 bridgehead atoms. The highest BCUT2D eigenvalue weighted by atomic mass is 32.1. The molecule has 2 heterocycles. The monoisotopic (exact) mass is 328 g/mol. The summed E-state index contributed by atoms with van der Waals surface area (Å²) < 4.78 is 1.91. The van der Waals surface area contributed by atoms with E-state index in [0.717, 1.165) is 11.0 Å². The number of hydrogen-bond acceptors (Lipinski definition) is 6. The standard InChI is InChI=1S/C15H16N6OS/c1-9(11-8-23-15(16)18-11)19-20-14(22)7-13-17-10-5-3-4-6-12(10)21(13)2/h3-6,8H,7H2,1-2H3,(H2,16,18)(H,20,22). The van der Waals surface area contributed by atoms with Gasteiger partial charge in [-0.25, -0.2) is 15.4 Å². The Morgan fingerprint density at radius 3 is 2.87 bits per heavy atom. The molecule has 23 heavy (non-hydrogen) atoms. The number of thiazole rings is 1. The summed E-state index contributed by atoms with van der Waals surface area (Å²) in [6, 6.07) is 7.76. The lowest BCUT2D eigenvalue weighted by Crippen LogP contribution is -2.22. The number of nitrogens with zero attached hydrogens (tertiary/aromatic N) is 4. The van der Waals surface area contributed by atoms with Gasteiger partial charge in [0.2, 0.25) is 5.91 Å². The molecular weight excluding hydrogens is 312 g/mol. The predicted molar refractivity (Wildman–Crippen MR) is 91.3 cm³/mol. The number of fused-ring (bicyclic) bond motifs is 1. The van der Waals surface area contributed by atoms with Gasteiger partial charge in [-0.05, 0) is 19.1 Å². The third-order valence-electron chi connectivity index (χ3n) is 3.44. The summed E-state index contributed by atoms with van der Waals surface area (Å²) in [7, 11) is 1.89. The molecule has 3 rings (SSSR count). The first-order chi connectivity index (χ1) is 11.0. The lowest BCUT2D eigenvalue weighted by molar-refractivity contribution is -0.120. The minimum atomic E-state index is -0.231. The Labute approximate surface area is 136 Å². The number of aryl methyl sites for hydroxylation is 1. The van der Waals surface area contributed by atoms with Gasteiger partial charge in [-0.1, -0.05) is 12.1 Å². The summed E-state index contributed by atoms with van der Waals surface area (Å²) in [4.78, 5) is 20.6. The first-order valence-corrected chi connectivity index (χ1v) is 7.87. The van der Waals surface area contributed by atoms with Gasteiger partial charge in [0.05, 0.1) is 28.9 Å². The normalized spacial score (nSPS) is 11.8. The fourth-order valence-electron chi connectivity index (χ4n) is 2.19. The first kappa shape index (κ1) is 15.2. The summed E-state index contributed by atoms with van der Waals surface area (Å²) in [5, 5.41) is 6.33. The molecule has 3 N–H and O–H groups in total. The van der Waals surface area contributed by atoms with Gasteiger partial charge in [-0.3, -0.25) is 4.79 Å². The van der Waals surface area contributed by atoms with Crippen molar-refractivity contribution in [2.24, 2.45) is 12.1 Å². The lowest BCUT2D eigenvalue weighted by Gasteiger charge is -2.02. The average molecular weight is 328 g/mol. The van der Waals surface area contributed by atoms with E-state index in [1.807, 2.05) is 35.9 Å². The summed E-state index contributed by atoms with van der Waals surface area (Å²) in [6.07, 6.45) is 0.154. The number of nitrogens with two attached hydrogens (primary N) is 1. The van der Waals surface area contributed by atoms with Crippen LogP contribution in [0.25, 0.3) is 11.0 Å². The Hall–Kier alpha value is -2.74. The van der Waals surface area contributed by atoms with E-state index < -0.39 is 0 Å². The molecule has 3 aromatic rings. The summed E-state index contributed by atoms with van der Waals surface area (Å²) >= 11 is 1.33. The molecule has 0 aliphatic carbocycles. The first-order valence-electron chi connectivity index (χ1n) is 6.99. The van der Waals surface area contributed by atoms with Gasteiger partial charge in [-0.2, -0.15) is 5.10 Å². The fourth-order valence-corrected chi connectivity index (χ4v) is 2.80. The summed E-state index contributed by atoms with van der Waals surface area (Å²) in [5.41, 5.74) is 11.2. The van der Waals surface area contributed by atoms with Gasteiger partial charge in [0.25, 0.3) is 0 Å². The van der Waals surface area contributed by atoms with Crippen molar-refractivity contribution in [2.75, 3.05) is 5.73 Å². The van der Waals surface area contributed by atoms with Crippen LogP contribution in [-0.2, 0) is 18.3 Å². The molecule has 0 aliphatic heterocycles. The van der Waals surface area contributed by atoms with E-state index >= 15 is 0 Å². The second-order valence-electron chi connectivity index (χ2n) is 5.06. The highest BCUT2D eigenvalue weighted by molar-refractivity contribution is 7.13. The van der Waals surface area contributed by atoms with Gasteiger partial charge in [-0.15, -0.1) is 11.3 Å². The van der Waals surface area contributed by atoms with Crippen LogP contribution in [0.4, 0.5) is 5.13 Å². The summed E-state index contributed by atoms with van der Waals surface area (Å²) in [6.45, 7) is 1.77. The fraction of sp³-hybridized carbons (Fsp3) is 0.200. The molecule has 118 valence electrons. The summed E-state index contributed by atoms with van der Waals surface area (Å²) in [5.74, 6) is 0.459. The molecule has 2 aromatic heterocycles. The lowest BCUT2D eigenvalue weighted by atomic mass is 10.3. The van der Waals surface area contributed by atoms with Crippen LogP contribution in [0.2, 0.25) is 0 Å². The maximum Gasteiger partial charge on any atom is 0.247 e. The molecule has 0 spiro atoms. The highest BCUT2D eigenvalue weighted by Crippen LogP contribution is 2.14. The number of carbonyl (C=O) groups is 1. The second kappa shape index (κ2) is 6.17. The van der Waals surface area contributed by atoms with Crippen molar-refractivity contribution in [3.05, 3.63) is 41.2 Å². The van der Waals surface area contributed by atoms with E-state index in [1.54, 1.807) is 12.3 Å². The minimum Gasteiger partial charge on any atom is -0.375 e. The number of nitrogens with one attached hydrogen (secondary N) is 1. The molecule has 7 nitrogen and oxygen atoms in total. The number of imidazole rings is 1. The number of nitrogen functional groups attached to an aromatic ring is 1. The third-order valence-corrected chi connectivity index (χ3v) is 4.11. The molecule has 0 saturated carbocycles. The predicted octanol–water partition coefficient (Wildman–Crippen LogP) is 1.69. The molecule has 0 unspecified atom stereocenters. The zero-order valence-electron chi connectivity index (χ0n) is 12.8. The van der Waals surface area contributed by atoms with Crippen LogP contribution in [0, 0.1) is 0 Å². The number of hydrogen-bond donors (Lipinski definition) is 2. The zero-order valence-corrected chi connectivity index (χ0v) is 13.6. The van der Waals surface area contributed by atoms with Crippen molar-refractivity contribution in [1.82, 2.24) is 20.0 Å². The zero-order chi connectivity index (χ0) is 16.4. The average Bonchev–Trinajstić information content (AvgIpc) is 3.10. The van der Waals surface area contributed by atoms with Crippen LogP contribution in [-0.4, -0.2) is 26.2 Å². The van der Waals surface area contributed by atoms with Crippen molar-refractivity contribution in [3.63, 3.8) is 0 Å². The van der Waals surface area contributed by atoms with E-state index in [1.165, 1.54) is 11.3 Å². The molecule has 0 radical (unpaired) electrons. The van der Waals surface area contributed by atoms with Crippen molar-refractivity contribution >= 4 is 39.1 Å². The molecule has 1 aromatic carbocycles. The van der Waals surface area contributed by atoms with Crippen LogP contribution < -0.4 is 11.2 Å². The Balaban J connectivity index is 1.70. The smallest absolute Gasteiger partial charge is 0.247 e. The Morgan fingerprint density at radius 1 is 1.39 bits per heavy atom. The van der Waals surface area contributed by atoms with Gasteiger partial charge in [0.1, 0.15) is 5.82 Å². The number of hydrazone groups is 1. The van der Waals surface area contributed by atoms with Gasteiger partial charge in [0.15, 0.2) is 5.13 Å². The quantitative estimate of drug-likeness (QED) is 0.562. The van der Waals surface area contributed by atoms with E-state index in [4.69, 9.17) is 5.73 Å². The van der Waals surface area contributed by atoms with Crippen molar-refractivity contribution in [1.29, 1.82) is 0 Å². The minimum absolute atomic E-state index is 0.154. The number of amides is 1. The molecule has 0 fully saturated rings. The van der Waals surface area contributed by atoms with Crippen molar-refractivity contribution in [3.8, 4) is 0 Å². The van der Waals surface area contributed by atoms with Crippen LogP contribution in [0.1, 0.15) is 18.4 Å². The largest absolute Gasteiger partial charge is 0.375 e. The second-order valence-corrected chi connectivity index (χ2v) is 5.95. The third kappa shape index (κ3) is 3.21. The molecule has 8 heteroatoms. The van der Waals surface area contributed by atoms with Crippen LogP contribution in [0.3, 0.4) is 0 Å². The van der Waals surface area contributed by atoms with Crippen LogP contribution in [0.15, 0.2) is 34.7 Å². The SMILES string of the molecule is CC(=NNC(=O)Cc1nc2ccccc2n1C)c1csc(N)n1. The number of benzene rings is 1. The highest BCUT2D eigenvalue weighted by Gasteiger charge is 2.11. The number of para-hydroxylation sites is 2. The number of rotatable bonds is 4. The van der Waals surface area contributed by atoms with Gasteiger partial charge in [0, 0.05) is 12.4 Å². The van der Waals surface area contributed by atoms with E-state index in [0.29, 0.717) is 22.4 Å². The Morgan fingerprint density at radius 2 is 2.17 bits per heavy atom. The molecule has 0 atom stereocenters. The Bertz CT molecular complexity index is 894. The maximum atomic E-state index is 12.1. The van der Waals surface area contributed by atoms with E-state index in [-0.39, 0.29) is 12.3 Å². The topological polar surface area (TPSA) is 98.2 Å². The van der Waals surface area contributed by atoms with Gasteiger partial charge >= 0.3 is 0 Å². The molecule has 1 amide bonds. The Kier molecular flexibility index (Phi) is 4.07. The maximum absolute atomic E-state index is 12.1. The van der Waals surface area contributed by atoms with Crippen molar-refractivity contribution < 1.29 is 4.79 Å². The molecule has 0 aliphatic rings.